The molecule has 1 amide bonds. The Hall–Kier alpha value is -2.65. The molecule has 2 aromatic heterocycles. The number of hydrogen-bond donors (Lipinski definition) is 2. The van der Waals surface area contributed by atoms with Crippen LogP contribution in [0, 0.1) is 5.92 Å². The molecule has 1 aliphatic carbocycles. The maximum absolute atomic E-state index is 13.7. The van der Waals surface area contributed by atoms with E-state index in [9.17, 15) is 9.90 Å². The number of nitrogens with zero attached hydrogens (tertiary/aromatic N) is 4. The van der Waals surface area contributed by atoms with E-state index in [-0.39, 0.29) is 27.7 Å². The summed E-state index contributed by atoms with van der Waals surface area (Å²) in [6, 6.07) is 7.22. The van der Waals surface area contributed by atoms with Crippen molar-refractivity contribution in [2.45, 2.75) is 31.7 Å². The molecule has 0 atom stereocenters. The van der Waals surface area contributed by atoms with Gasteiger partial charge in [-0.25, -0.2) is 4.98 Å². The van der Waals surface area contributed by atoms with E-state index in [1.807, 2.05) is 17.0 Å². The molecule has 3 aromatic rings. The maximum Gasteiger partial charge on any atom is 0.257 e. The van der Waals surface area contributed by atoms with Crippen LogP contribution in [0.25, 0.3) is 22.3 Å². The van der Waals surface area contributed by atoms with E-state index in [2.05, 4.69) is 29.3 Å². The second kappa shape index (κ2) is 11.6. The summed E-state index contributed by atoms with van der Waals surface area (Å²) in [6.07, 6.45) is 5.98. The van der Waals surface area contributed by atoms with Crippen LogP contribution in [0.15, 0.2) is 30.5 Å². The Morgan fingerprint density at radius 3 is 2.47 bits per heavy atom. The second-order valence-electron chi connectivity index (χ2n) is 10.4. The van der Waals surface area contributed by atoms with Gasteiger partial charge in [0.1, 0.15) is 5.52 Å². The number of fused-ring (bicyclic) bond motifs is 1. The van der Waals surface area contributed by atoms with Crippen LogP contribution in [0.2, 0.25) is 10.0 Å². The number of ether oxygens (including phenoxy) is 1. The number of amides is 1. The van der Waals surface area contributed by atoms with Crippen LogP contribution in [-0.2, 0) is 4.74 Å². The molecule has 8 nitrogen and oxygen atoms in total. The number of hydrogen-bond acceptors (Lipinski definition) is 7. The van der Waals surface area contributed by atoms with E-state index in [1.54, 1.807) is 18.3 Å². The summed E-state index contributed by atoms with van der Waals surface area (Å²) in [5.41, 5.74) is 3.82. The minimum absolute atomic E-state index is 0.0746. The minimum atomic E-state index is -0.162. The number of phenols is 1. The van der Waals surface area contributed by atoms with Crippen LogP contribution in [0.1, 0.15) is 36.0 Å². The van der Waals surface area contributed by atoms with Crippen molar-refractivity contribution in [2.24, 2.45) is 5.92 Å². The fraction of sp³-hybridized carbons (Fsp3) is 0.464. The molecule has 1 aliphatic heterocycles. The Bertz CT molecular complexity index is 1300. The van der Waals surface area contributed by atoms with Gasteiger partial charge in [0.2, 0.25) is 0 Å². The van der Waals surface area contributed by atoms with Crippen LogP contribution < -0.4 is 5.32 Å². The zero-order chi connectivity index (χ0) is 26.8. The first-order chi connectivity index (χ1) is 18.3. The van der Waals surface area contributed by atoms with Crippen molar-refractivity contribution in [1.82, 2.24) is 19.8 Å². The number of halogens is 2. The molecule has 5 rings (SSSR count). The predicted molar refractivity (Wildman–Crippen MR) is 151 cm³/mol. The Labute approximate surface area is 232 Å². The molecule has 1 saturated heterocycles. The van der Waals surface area contributed by atoms with Crippen molar-refractivity contribution in [1.29, 1.82) is 0 Å². The lowest BCUT2D eigenvalue weighted by atomic mass is 9.85. The van der Waals surface area contributed by atoms with E-state index in [1.165, 1.54) is 0 Å². The number of rotatable bonds is 6. The lowest BCUT2D eigenvalue weighted by Crippen LogP contribution is -2.41. The summed E-state index contributed by atoms with van der Waals surface area (Å²) >= 11 is 12.4. The smallest absolute Gasteiger partial charge is 0.257 e. The molecule has 1 aromatic carbocycles. The van der Waals surface area contributed by atoms with Crippen molar-refractivity contribution >= 4 is 45.8 Å². The lowest BCUT2D eigenvalue weighted by molar-refractivity contribution is 0.0303. The fourth-order valence-corrected chi connectivity index (χ4v) is 5.88. The van der Waals surface area contributed by atoms with Gasteiger partial charge in [-0.15, -0.1) is 0 Å². The van der Waals surface area contributed by atoms with Crippen molar-refractivity contribution in [2.75, 3.05) is 52.3 Å². The highest BCUT2D eigenvalue weighted by molar-refractivity contribution is 6.37. The molecular formula is C28H33Cl2N5O3. The van der Waals surface area contributed by atoms with Gasteiger partial charge in [-0.2, -0.15) is 0 Å². The first kappa shape index (κ1) is 26.9. The number of anilines is 1. The van der Waals surface area contributed by atoms with Crippen LogP contribution in [-0.4, -0.2) is 83.8 Å². The summed E-state index contributed by atoms with van der Waals surface area (Å²) in [4.78, 5) is 27.3. The highest BCUT2D eigenvalue weighted by Crippen LogP contribution is 2.37. The van der Waals surface area contributed by atoms with Crippen molar-refractivity contribution in [3.63, 3.8) is 0 Å². The molecule has 0 radical (unpaired) electrons. The van der Waals surface area contributed by atoms with Gasteiger partial charge < -0.3 is 25.0 Å². The topological polar surface area (TPSA) is 90.8 Å². The number of aromatic nitrogens is 2. The average Bonchev–Trinajstić information content (AvgIpc) is 2.92. The number of pyridine rings is 2. The van der Waals surface area contributed by atoms with Crippen LogP contribution >= 0.6 is 23.2 Å². The third kappa shape index (κ3) is 5.83. The molecule has 2 aliphatic rings. The van der Waals surface area contributed by atoms with Crippen LogP contribution in [0.3, 0.4) is 0 Å². The maximum atomic E-state index is 13.7. The predicted octanol–water partition coefficient (Wildman–Crippen LogP) is 5.31. The number of morpholine rings is 1. The molecule has 202 valence electrons. The summed E-state index contributed by atoms with van der Waals surface area (Å²) in [5.74, 6) is 0.444. The summed E-state index contributed by atoms with van der Waals surface area (Å²) in [5, 5.41) is 14.0. The molecule has 2 N–H and O–H groups in total. The van der Waals surface area contributed by atoms with Crippen molar-refractivity contribution < 1.29 is 14.6 Å². The number of aromatic hydroxyl groups is 1. The number of phenolic OH excluding ortho intramolecular Hbond substituents is 1. The van der Waals surface area contributed by atoms with Gasteiger partial charge in [-0.3, -0.25) is 9.78 Å². The third-order valence-corrected chi connectivity index (χ3v) is 7.95. The van der Waals surface area contributed by atoms with Crippen LogP contribution in [0.5, 0.6) is 5.75 Å². The Balaban J connectivity index is 1.53. The van der Waals surface area contributed by atoms with E-state index in [4.69, 9.17) is 32.9 Å². The monoisotopic (exact) mass is 557 g/mol. The summed E-state index contributed by atoms with van der Waals surface area (Å²) in [6.45, 7) is 3.23. The molecule has 2 fully saturated rings. The number of nitrogens with one attached hydrogen (secondary N) is 1. The number of benzene rings is 1. The molecule has 10 heteroatoms. The average molecular weight is 559 g/mol. The van der Waals surface area contributed by atoms with Gasteiger partial charge in [0.25, 0.3) is 5.91 Å². The molecule has 0 unspecified atom stereocenters. The van der Waals surface area contributed by atoms with Gasteiger partial charge in [-0.05, 0) is 70.0 Å². The quantitative estimate of drug-likeness (QED) is 0.424. The Morgan fingerprint density at radius 2 is 1.82 bits per heavy atom. The molecular weight excluding hydrogens is 525 g/mol. The van der Waals surface area contributed by atoms with Gasteiger partial charge in [0.15, 0.2) is 5.75 Å². The van der Waals surface area contributed by atoms with Crippen molar-refractivity contribution in [3.05, 3.63) is 46.1 Å². The normalized spacial score (nSPS) is 20.2. The zero-order valence-corrected chi connectivity index (χ0v) is 23.2. The molecule has 0 bridgehead atoms. The van der Waals surface area contributed by atoms with Gasteiger partial charge in [0, 0.05) is 37.4 Å². The molecule has 3 heterocycles. The largest absolute Gasteiger partial charge is 0.505 e. The van der Waals surface area contributed by atoms with E-state index in [0.717, 1.165) is 32.2 Å². The van der Waals surface area contributed by atoms with Gasteiger partial charge in [-0.1, -0.05) is 23.2 Å². The van der Waals surface area contributed by atoms with E-state index in [0.29, 0.717) is 65.8 Å². The number of carbonyl (C=O) groups is 1. The highest BCUT2D eigenvalue weighted by atomic mass is 35.5. The summed E-state index contributed by atoms with van der Waals surface area (Å²) < 4.78 is 5.46. The minimum Gasteiger partial charge on any atom is -0.505 e. The van der Waals surface area contributed by atoms with E-state index < -0.39 is 0 Å². The summed E-state index contributed by atoms with van der Waals surface area (Å²) in [7, 11) is 4.24. The third-order valence-electron chi connectivity index (χ3n) is 7.37. The highest BCUT2D eigenvalue weighted by Gasteiger charge is 2.27. The Kier molecular flexibility index (Phi) is 8.23. The molecule has 38 heavy (non-hydrogen) atoms. The standard InChI is InChI=1S/C28H33Cl2N5O3/c1-34(2)16-17-3-5-19(6-4-17)32-25-20(28(37)35-9-11-38-12-10-35)15-31-24-8-7-23(33-26(24)25)18-13-21(29)27(36)22(30)14-18/h7-8,13-15,17,19,36H,3-6,9-12,16H2,1-2H3,(H,31,32). The SMILES string of the molecule is CN(C)CC1CCC(Nc2c(C(=O)N3CCOCC3)cnc3ccc(-c4cc(Cl)c(O)c(Cl)c4)nc23)CC1. The van der Waals surface area contributed by atoms with Gasteiger partial charge >= 0.3 is 0 Å². The van der Waals surface area contributed by atoms with Crippen LogP contribution in [0.4, 0.5) is 5.69 Å². The first-order valence-electron chi connectivity index (χ1n) is 13.1. The molecule has 1 saturated carbocycles. The van der Waals surface area contributed by atoms with Crippen molar-refractivity contribution in [3.8, 4) is 17.0 Å². The zero-order valence-electron chi connectivity index (χ0n) is 21.7. The lowest BCUT2D eigenvalue weighted by Gasteiger charge is -2.32. The first-order valence-corrected chi connectivity index (χ1v) is 13.8. The second-order valence-corrected chi connectivity index (χ2v) is 11.2. The van der Waals surface area contributed by atoms with Gasteiger partial charge in [0.05, 0.1) is 45.7 Å². The van der Waals surface area contributed by atoms with E-state index >= 15 is 0 Å². The molecule has 0 spiro atoms. The fourth-order valence-electron chi connectivity index (χ4n) is 5.40. The number of carbonyl (C=O) groups excluding carboxylic acids is 1. The Morgan fingerprint density at radius 1 is 1.13 bits per heavy atom.